The minimum Gasteiger partial charge on any atom is -0.478 e. The fourth-order valence-electron chi connectivity index (χ4n) is 1.24. The zero-order valence-corrected chi connectivity index (χ0v) is 10.1. The van der Waals surface area contributed by atoms with Gasteiger partial charge in [0.15, 0.2) is 4.34 Å². The van der Waals surface area contributed by atoms with Crippen LogP contribution in [0.25, 0.3) is 0 Å². The van der Waals surface area contributed by atoms with E-state index in [0.717, 1.165) is 10.4 Å². The summed E-state index contributed by atoms with van der Waals surface area (Å²) in [7, 11) is 0. The van der Waals surface area contributed by atoms with Crippen molar-refractivity contribution >= 4 is 29.3 Å². The standard InChI is InChI=1S/C10H7FN2O2S2/c11-7-2-1-6(8(3-7)9(14)15)4-16-10-12-5-13-17-10/h1-3,5H,4H2,(H,14,15). The monoisotopic (exact) mass is 270 g/mol. The van der Waals surface area contributed by atoms with Gasteiger partial charge in [0, 0.05) is 5.75 Å². The van der Waals surface area contributed by atoms with Crippen LogP contribution in [-0.4, -0.2) is 20.4 Å². The fourth-order valence-corrected chi connectivity index (χ4v) is 2.69. The molecule has 0 fully saturated rings. The maximum Gasteiger partial charge on any atom is 0.336 e. The van der Waals surface area contributed by atoms with Crippen molar-refractivity contribution in [1.29, 1.82) is 0 Å². The lowest BCUT2D eigenvalue weighted by atomic mass is 10.1. The second-order valence-electron chi connectivity index (χ2n) is 3.10. The van der Waals surface area contributed by atoms with Crippen molar-refractivity contribution in [1.82, 2.24) is 9.36 Å². The van der Waals surface area contributed by atoms with Crippen molar-refractivity contribution in [3.8, 4) is 0 Å². The van der Waals surface area contributed by atoms with Crippen LogP contribution in [0.1, 0.15) is 15.9 Å². The highest BCUT2D eigenvalue weighted by atomic mass is 32.2. The Morgan fingerprint density at radius 2 is 2.35 bits per heavy atom. The number of aromatic nitrogens is 2. The molecule has 0 saturated carbocycles. The number of rotatable bonds is 4. The molecule has 88 valence electrons. The van der Waals surface area contributed by atoms with Crippen molar-refractivity contribution in [2.75, 3.05) is 0 Å². The van der Waals surface area contributed by atoms with Gasteiger partial charge in [0.2, 0.25) is 0 Å². The third-order valence-electron chi connectivity index (χ3n) is 1.99. The summed E-state index contributed by atoms with van der Waals surface area (Å²) in [5.74, 6) is -1.25. The van der Waals surface area contributed by atoms with E-state index in [1.807, 2.05) is 0 Å². The zero-order valence-electron chi connectivity index (χ0n) is 8.46. The van der Waals surface area contributed by atoms with Crippen LogP contribution in [0.4, 0.5) is 4.39 Å². The minimum atomic E-state index is -1.13. The highest BCUT2D eigenvalue weighted by molar-refractivity contribution is 8.00. The van der Waals surface area contributed by atoms with Crippen LogP contribution in [0.5, 0.6) is 0 Å². The lowest BCUT2D eigenvalue weighted by molar-refractivity contribution is 0.0695. The van der Waals surface area contributed by atoms with Crippen LogP contribution in [0.15, 0.2) is 28.9 Å². The van der Waals surface area contributed by atoms with Crippen LogP contribution in [-0.2, 0) is 5.75 Å². The highest BCUT2D eigenvalue weighted by Gasteiger charge is 2.12. The minimum absolute atomic E-state index is 0.0120. The summed E-state index contributed by atoms with van der Waals surface area (Å²) in [5, 5.41) is 8.95. The smallest absolute Gasteiger partial charge is 0.336 e. The Morgan fingerprint density at radius 3 is 3.00 bits per heavy atom. The van der Waals surface area contributed by atoms with E-state index in [1.165, 1.54) is 41.8 Å². The summed E-state index contributed by atoms with van der Waals surface area (Å²) in [6.45, 7) is 0. The molecule has 1 N–H and O–H groups in total. The molecule has 2 rings (SSSR count). The summed E-state index contributed by atoms with van der Waals surface area (Å²) in [5.41, 5.74) is 0.557. The first-order valence-corrected chi connectivity index (χ1v) is 6.34. The number of benzene rings is 1. The second-order valence-corrected chi connectivity index (χ2v) is 5.11. The summed E-state index contributed by atoms with van der Waals surface area (Å²) in [6, 6.07) is 3.76. The van der Waals surface area contributed by atoms with Gasteiger partial charge in [-0.1, -0.05) is 17.8 Å². The molecule has 1 aromatic heterocycles. The molecule has 0 radical (unpaired) electrons. The summed E-state index contributed by atoms with van der Waals surface area (Å²) in [4.78, 5) is 14.9. The molecule has 0 aliphatic heterocycles. The topological polar surface area (TPSA) is 63.1 Å². The second kappa shape index (κ2) is 5.24. The van der Waals surface area contributed by atoms with E-state index < -0.39 is 11.8 Å². The largest absolute Gasteiger partial charge is 0.478 e. The number of hydrogen-bond donors (Lipinski definition) is 1. The number of nitrogens with zero attached hydrogens (tertiary/aromatic N) is 2. The molecule has 0 aliphatic carbocycles. The summed E-state index contributed by atoms with van der Waals surface area (Å²) < 4.78 is 17.5. The van der Waals surface area contributed by atoms with Gasteiger partial charge >= 0.3 is 5.97 Å². The molecule has 0 saturated heterocycles. The van der Waals surface area contributed by atoms with Gasteiger partial charge in [-0.25, -0.2) is 14.2 Å². The first kappa shape index (κ1) is 12.0. The van der Waals surface area contributed by atoms with Gasteiger partial charge < -0.3 is 5.11 Å². The predicted octanol–water partition coefficient (Wildman–Crippen LogP) is 2.67. The Labute approximate surface area is 105 Å². The van der Waals surface area contributed by atoms with Gasteiger partial charge in [0.25, 0.3) is 0 Å². The first-order chi connectivity index (χ1) is 8.16. The van der Waals surface area contributed by atoms with Crippen LogP contribution in [0.3, 0.4) is 0 Å². The molecule has 2 aromatic rings. The van der Waals surface area contributed by atoms with E-state index in [4.69, 9.17) is 5.11 Å². The van der Waals surface area contributed by atoms with E-state index >= 15 is 0 Å². The Bertz CT molecular complexity index is 531. The maximum atomic E-state index is 12.9. The number of carbonyl (C=O) groups is 1. The Balaban J connectivity index is 2.17. The third-order valence-corrected chi connectivity index (χ3v) is 3.84. The number of hydrogen-bond acceptors (Lipinski definition) is 5. The van der Waals surface area contributed by atoms with Crippen LogP contribution >= 0.6 is 23.3 Å². The Hall–Kier alpha value is -1.47. The molecular formula is C10H7FN2O2S2. The molecule has 0 aliphatic rings. The van der Waals surface area contributed by atoms with Gasteiger partial charge in [-0.15, -0.1) is 0 Å². The molecule has 17 heavy (non-hydrogen) atoms. The third kappa shape index (κ3) is 3.01. The van der Waals surface area contributed by atoms with E-state index in [0.29, 0.717) is 11.3 Å². The van der Waals surface area contributed by atoms with Gasteiger partial charge in [0.1, 0.15) is 12.1 Å². The Kier molecular flexibility index (Phi) is 3.70. The van der Waals surface area contributed by atoms with Gasteiger partial charge in [-0.05, 0) is 29.2 Å². The van der Waals surface area contributed by atoms with Crippen molar-refractivity contribution in [3.05, 3.63) is 41.5 Å². The molecule has 0 atom stereocenters. The molecule has 1 heterocycles. The lowest BCUT2D eigenvalue weighted by Gasteiger charge is -2.04. The van der Waals surface area contributed by atoms with Crippen molar-refractivity contribution in [2.45, 2.75) is 10.1 Å². The predicted molar refractivity (Wildman–Crippen MR) is 62.8 cm³/mol. The van der Waals surface area contributed by atoms with Crippen molar-refractivity contribution in [3.63, 3.8) is 0 Å². The summed E-state index contributed by atoms with van der Waals surface area (Å²) in [6.07, 6.45) is 1.44. The lowest BCUT2D eigenvalue weighted by Crippen LogP contribution is -2.02. The molecule has 0 spiro atoms. The van der Waals surface area contributed by atoms with E-state index in [1.54, 1.807) is 0 Å². The molecule has 4 nitrogen and oxygen atoms in total. The van der Waals surface area contributed by atoms with Crippen LogP contribution in [0, 0.1) is 5.82 Å². The van der Waals surface area contributed by atoms with E-state index in [9.17, 15) is 9.18 Å². The van der Waals surface area contributed by atoms with Crippen LogP contribution in [0.2, 0.25) is 0 Å². The average Bonchev–Trinajstić information content (AvgIpc) is 2.80. The number of carboxylic acids is 1. The van der Waals surface area contributed by atoms with Crippen molar-refractivity contribution in [2.24, 2.45) is 0 Å². The molecule has 0 amide bonds. The van der Waals surface area contributed by atoms with Crippen molar-refractivity contribution < 1.29 is 14.3 Å². The van der Waals surface area contributed by atoms with Gasteiger partial charge in [0.05, 0.1) is 5.56 Å². The number of thioether (sulfide) groups is 1. The maximum absolute atomic E-state index is 12.9. The molecule has 1 aromatic carbocycles. The van der Waals surface area contributed by atoms with Gasteiger partial charge in [-0.3, -0.25) is 0 Å². The van der Waals surface area contributed by atoms with E-state index in [2.05, 4.69) is 9.36 Å². The zero-order chi connectivity index (χ0) is 12.3. The molecule has 0 bridgehead atoms. The highest BCUT2D eigenvalue weighted by Crippen LogP contribution is 2.25. The molecular weight excluding hydrogens is 263 g/mol. The number of aromatic carboxylic acids is 1. The van der Waals surface area contributed by atoms with Crippen LogP contribution < -0.4 is 0 Å². The number of carboxylic acid groups (broad SMARTS) is 1. The van der Waals surface area contributed by atoms with E-state index in [-0.39, 0.29) is 5.56 Å². The number of halogens is 1. The fraction of sp³-hybridized carbons (Fsp3) is 0.100. The molecule has 0 unspecified atom stereocenters. The SMILES string of the molecule is O=C(O)c1cc(F)ccc1CSc1ncns1. The Morgan fingerprint density at radius 1 is 1.53 bits per heavy atom. The first-order valence-electron chi connectivity index (χ1n) is 4.58. The summed E-state index contributed by atoms with van der Waals surface area (Å²) >= 11 is 2.62. The van der Waals surface area contributed by atoms with Gasteiger partial charge in [-0.2, -0.15) is 4.37 Å². The average molecular weight is 270 g/mol. The molecule has 7 heteroatoms. The normalized spacial score (nSPS) is 10.4. The quantitative estimate of drug-likeness (QED) is 0.865.